The highest BCUT2D eigenvalue weighted by Gasteiger charge is 2.24. The van der Waals surface area contributed by atoms with Crippen LogP contribution in [0, 0.1) is 17.0 Å². The highest BCUT2D eigenvalue weighted by atomic mass is 35.5. The quantitative estimate of drug-likeness (QED) is 0.657. The number of rotatable bonds is 5. The van der Waals surface area contributed by atoms with Crippen LogP contribution in [0.25, 0.3) is 0 Å². The number of carbonyl (C=O) groups excluding carboxylic acids is 1. The first-order valence-electron chi connectivity index (χ1n) is 5.68. The molecule has 21 heavy (non-hydrogen) atoms. The van der Waals surface area contributed by atoms with Gasteiger partial charge in [0, 0.05) is 10.1 Å². The fraction of sp³-hybridized carbons (Fsp3) is 0.182. The zero-order chi connectivity index (χ0) is 15.6. The Morgan fingerprint density at radius 2 is 2.29 bits per heavy atom. The van der Waals surface area contributed by atoms with E-state index < -0.39 is 16.8 Å². The largest absolute Gasteiger partial charge is 0.494 e. The number of aromatic nitrogens is 3. The number of halogens is 1. The van der Waals surface area contributed by atoms with E-state index in [1.165, 1.54) is 0 Å². The SMILES string of the molecule is Cc1cc(Oc2nc([N+](=O)[O-])nn2CC(N)=O)ccc1Cl. The Morgan fingerprint density at radius 3 is 2.86 bits per heavy atom. The van der Waals surface area contributed by atoms with Gasteiger partial charge in [-0.15, -0.1) is 4.68 Å². The highest BCUT2D eigenvalue weighted by Crippen LogP contribution is 2.25. The molecule has 0 radical (unpaired) electrons. The van der Waals surface area contributed by atoms with Gasteiger partial charge < -0.3 is 20.6 Å². The van der Waals surface area contributed by atoms with Gasteiger partial charge in [-0.25, -0.2) is 0 Å². The van der Waals surface area contributed by atoms with Gasteiger partial charge in [0.15, 0.2) is 0 Å². The van der Waals surface area contributed by atoms with Gasteiger partial charge in [-0.3, -0.25) is 4.79 Å². The molecule has 0 aliphatic heterocycles. The first-order chi connectivity index (χ1) is 9.86. The molecule has 0 unspecified atom stereocenters. The van der Waals surface area contributed by atoms with Gasteiger partial charge in [0.05, 0.1) is 0 Å². The molecule has 0 aliphatic carbocycles. The smallest absolute Gasteiger partial charge is 0.411 e. The standard InChI is InChI=1S/C11H10ClN5O4/c1-6-4-7(2-3-8(6)12)21-11-14-10(17(19)20)15-16(11)5-9(13)18/h2-4H,5H2,1H3,(H2,13,18). The molecule has 2 N–H and O–H groups in total. The van der Waals surface area contributed by atoms with Gasteiger partial charge in [-0.05, 0) is 40.6 Å². The number of primary amides is 1. The number of hydrogen-bond acceptors (Lipinski definition) is 6. The van der Waals surface area contributed by atoms with E-state index in [2.05, 4.69) is 10.1 Å². The minimum atomic E-state index is -0.794. The second kappa shape index (κ2) is 5.75. The van der Waals surface area contributed by atoms with Crippen LogP contribution in [0.2, 0.25) is 5.02 Å². The molecule has 0 bridgehead atoms. The Bertz CT molecular complexity index is 715. The molecule has 0 saturated carbocycles. The number of benzene rings is 1. The summed E-state index contributed by atoms with van der Waals surface area (Å²) in [6, 6.07) is 4.58. The molecule has 9 nitrogen and oxygen atoms in total. The first kappa shape index (κ1) is 14.7. The number of aryl methyl sites for hydroxylation is 1. The second-order valence-electron chi connectivity index (χ2n) is 4.09. The summed E-state index contributed by atoms with van der Waals surface area (Å²) in [5, 5.41) is 14.8. The number of ether oxygens (including phenoxy) is 1. The summed E-state index contributed by atoms with van der Waals surface area (Å²) in [4.78, 5) is 24.4. The third-order valence-corrected chi connectivity index (χ3v) is 2.86. The van der Waals surface area contributed by atoms with E-state index in [1.807, 2.05) is 0 Å². The number of hydrogen-bond donors (Lipinski definition) is 1. The Hall–Kier alpha value is -2.68. The van der Waals surface area contributed by atoms with Gasteiger partial charge in [0.25, 0.3) is 0 Å². The number of carbonyl (C=O) groups is 1. The van der Waals surface area contributed by atoms with E-state index in [0.717, 1.165) is 10.2 Å². The third kappa shape index (κ3) is 3.45. The average Bonchev–Trinajstić information content (AvgIpc) is 2.76. The van der Waals surface area contributed by atoms with Crippen LogP contribution in [0.4, 0.5) is 5.95 Å². The van der Waals surface area contributed by atoms with Crippen molar-refractivity contribution >= 4 is 23.5 Å². The topological polar surface area (TPSA) is 126 Å². The Kier molecular flexibility index (Phi) is 4.03. The fourth-order valence-electron chi connectivity index (χ4n) is 1.51. The normalized spacial score (nSPS) is 10.4. The molecule has 0 aliphatic rings. The van der Waals surface area contributed by atoms with Gasteiger partial charge in [-0.1, -0.05) is 11.6 Å². The maximum Gasteiger partial charge on any atom is 0.494 e. The third-order valence-electron chi connectivity index (χ3n) is 2.43. The molecule has 0 fully saturated rings. The number of nitrogens with two attached hydrogens (primary N) is 1. The Labute approximate surface area is 123 Å². The van der Waals surface area contributed by atoms with Crippen LogP contribution in [0.5, 0.6) is 11.8 Å². The van der Waals surface area contributed by atoms with Crippen molar-refractivity contribution in [3.63, 3.8) is 0 Å². The average molecular weight is 312 g/mol. The van der Waals surface area contributed by atoms with E-state index in [0.29, 0.717) is 10.8 Å². The molecule has 0 spiro atoms. The van der Waals surface area contributed by atoms with Crippen LogP contribution in [0.1, 0.15) is 5.56 Å². The molecule has 110 valence electrons. The molecule has 1 heterocycles. The lowest BCUT2D eigenvalue weighted by Crippen LogP contribution is -2.20. The van der Waals surface area contributed by atoms with Crippen molar-refractivity contribution in [1.29, 1.82) is 0 Å². The monoisotopic (exact) mass is 311 g/mol. The van der Waals surface area contributed by atoms with Crippen molar-refractivity contribution in [2.75, 3.05) is 0 Å². The Morgan fingerprint density at radius 1 is 1.57 bits per heavy atom. The molecule has 0 atom stereocenters. The molecule has 1 aromatic carbocycles. The minimum absolute atomic E-state index is 0.206. The van der Waals surface area contributed by atoms with Gasteiger partial charge >= 0.3 is 12.0 Å². The van der Waals surface area contributed by atoms with E-state index >= 15 is 0 Å². The number of nitrogens with zero attached hydrogens (tertiary/aromatic N) is 4. The summed E-state index contributed by atoms with van der Waals surface area (Å²) < 4.78 is 6.32. The summed E-state index contributed by atoms with van der Waals surface area (Å²) >= 11 is 5.89. The molecular formula is C11H10ClN5O4. The van der Waals surface area contributed by atoms with Gasteiger partial charge in [-0.2, -0.15) is 0 Å². The number of nitro groups is 1. The zero-order valence-corrected chi connectivity index (χ0v) is 11.6. The van der Waals surface area contributed by atoms with Gasteiger partial charge in [0.2, 0.25) is 5.91 Å². The van der Waals surface area contributed by atoms with Crippen LogP contribution < -0.4 is 10.5 Å². The lowest BCUT2D eigenvalue weighted by Gasteiger charge is -2.04. The highest BCUT2D eigenvalue weighted by molar-refractivity contribution is 6.31. The predicted octanol–water partition coefficient (Wildman–Crippen LogP) is 1.43. The number of amides is 1. The summed E-state index contributed by atoms with van der Waals surface area (Å²) in [7, 11) is 0. The van der Waals surface area contributed by atoms with E-state index in [1.54, 1.807) is 25.1 Å². The molecule has 1 amide bonds. The maximum atomic E-state index is 10.9. The van der Waals surface area contributed by atoms with Crippen molar-refractivity contribution in [2.45, 2.75) is 13.5 Å². The Balaban J connectivity index is 2.34. The van der Waals surface area contributed by atoms with Crippen LogP contribution >= 0.6 is 11.6 Å². The molecule has 10 heteroatoms. The molecule has 2 rings (SSSR count). The molecule has 0 saturated heterocycles. The second-order valence-corrected chi connectivity index (χ2v) is 4.50. The maximum absolute atomic E-state index is 10.9. The summed E-state index contributed by atoms with van der Waals surface area (Å²) in [6.07, 6.45) is 0. The van der Waals surface area contributed by atoms with E-state index in [4.69, 9.17) is 22.1 Å². The summed E-state index contributed by atoms with van der Waals surface area (Å²) in [5.74, 6) is -1.06. The van der Waals surface area contributed by atoms with Crippen molar-refractivity contribution in [1.82, 2.24) is 14.8 Å². The van der Waals surface area contributed by atoms with Crippen molar-refractivity contribution in [3.05, 3.63) is 38.9 Å². The van der Waals surface area contributed by atoms with E-state index in [-0.39, 0.29) is 12.6 Å². The summed E-state index contributed by atoms with van der Waals surface area (Å²) in [6.45, 7) is 1.38. The predicted molar refractivity (Wildman–Crippen MR) is 72.1 cm³/mol. The molecule has 1 aromatic heterocycles. The van der Waals surface area contributed by atoms with Crippen LogP contribution in [-0.4, -0.2) is 25.6 Å². The molecular weight excluding hydrogens is 302 g/mol. The summed E-state index contributed by atoms with van der Waals surface area (Å²) in [5.41, 5.74) is 5.80. The van der Waals surface area contributed by atoms with Crippen LogP contribution in [-0.2, 0) is 11.3 Å². The van der Waals surface area contributed by atoms with Crippen molar-refractivity contribution < 1.29 is 14.5 Å². The van der Waals surface area contributed by atoms with Crippen molar-refractivity contribution in [2.24, 2.45) is 5.73 Å². The molecule has 2 aromatic rings. The van der Waals surface area contributed by atoms with Crippen LogP contribution in [0.15, 0.2) is 18.2 Å². The first-order valence-corrected chi connectivity index (χ1v) is 6.06. The minimum Gasteiger partial charge on any atom is -0.411 e. The zero-order valence-electron chi connectivity index (χ0n) is 10.8. The van der Waals surface area contributed by atoms with Crippen molar-refractivity contribution in [3.8, 4) is 11.8 Å². The fourth-order valence-corrected chi connectivity index (χ4v) is 1.62. The van der Waals surface area contributed by atoms with Crippen LogP contribution in [0.3, 0.4) is 0 Å². The lowest BCUT2D eigenvalue weighted by atomic mass is 10.2. The van der Waals surface area contributed by atoms with E-state index in [9.17, 15) is 14.9 Å². The van der Waals surface area contributed by atoms with Gasteiger partial charge in [0.1, 0.15) is 12.3 Å². The lowest BCUT2D eigenvalue weighted by molar-refractivity contribution is -0.394.